The van der Waals surface area contributed by atoms with Crippen LogP contribution in [0.25, 0.3) is 0 Å². The SMILES string of the molecule is Cc1nc(Nc2ccc(F)c(F)c2F)cc(N2CCC(C)CC2)n1. The number of anilines is 3. The van der Waals surface area contributed by atoms with Gasteiger partial charge in [0.05, 0.1) is 5.69 Å². The van der Waals surface area contributed by atoms with Crippen LogP contribution in [-0.4, -0.2) is 23.1 Å². The number of halogens is 3. The summed E-state index contributed by atoms with van der Waals surface area (Å²) in [5.74, 6) is -1.67. The standard InChI is InChI=1S/C17H19F3N4/c1-10-5-7-24(8-6-10)15-9-14(21-11(2)22-15)23-13-4-3-12(18)16(19)17(13)20/h3-4,9-10H,5-8H2,1-2H3,(H,21,22,23). The number of benzene rings is 1. The molecular formula is C17H19F3N4. The highest BCUT2D eigenvalue weighted by Gasteiger charge is 2.19. The highest BCUT2D eigenvalue weighted by molar-refractivity contribution is 5.60. The van der Waals surface area contributed by atoms with Gasteiger partial charge in [-0.1, -0.05) is 6.92 Å². The lowest BCUT2D eigenvalue weighted by Crippen LogP contribution is -2.33. The molecule has 1 aromatic heterocycles. The minimum absolute atomic E-state index is 0.162. The Kier molecular flexibility index (Phi) is 4.59. The van der Waals surface area contributed by atoms with Crippen LogP contribution in [0.1, 0.15) is 25.6 Å². The Morgan fingerprint density at radius 3 is 2.50 bits per heavy atom. The van der Waals surface area contributed by atoms with Crippen LogP contribution in [0.2, 0.25) is 0 Å². The van der Waals surface area contributed by atoms with Crippen molar-refractivity contribution >= 4 is 17.3 Å². The van der Waals surface area contributed by atoms with Crippen LogP contribution < -0.4 is 10.2 Å². The van der Waals surface area contributed by atoms with E-state index in [1.807, 2.05) is 0 Å². The normalized spacial score (nSPS) is 15.6. The van der Waals surface area contributed by atoms with Crippen molar-refractivity contribution < 1.29 is 13.2 Å². The minimum atomic E-state index is -1.50. The Morgan fingerprint density at radius 1 is 1.08 bits per heavy atom. The zero-order valence-electron chi connectivity index (χ0n) is 13.6. The zero-order valence-corrected chi connectivity index (χ0v) is 13.6. The number of aryl methyl sites for hydroxylation is 1. The van der Waals surface area contributed by atoms with Gasteiger partial charge in [0.15, 0.2) is 17.5 Å². The summed E-state index contributed by atoms with van der Waals surface area (Å²) in [5, 5.41) is 2.71. The molecule has 4 nitrogen and oxygen atoms in total. The van der Waals surface area contributed by atoms with E-state index in [1.165, 1.54) is 0 Å². The number of hydrogen-bond donors (Lipinski definition) is 1. The van der Waals surface area contributed by atoms with Crippen molar-refractivity contribution in [2.45, 2.75) is 26.7 Å². The highest BCUT2D eigenvalue weighted by atomic mass is 19.2. The van der Waals surface area contributed by atoms with Crippen molar-refractivity contribution in [3.8, 4) is 0 Å². The van der Waals surface area contributed by atoms with Gasteiger partial charge in [-0.15, -0.1) is 0 Å². The second kappa shape index (κ2) is 6.67. The lowest BCUT2D eigenvalue weighted by atomic mass is 9.99. The van der Waals surface area contributed by atoms with E-state index in [0.717, 1.165) is 43.9 Å². The van der Waals surface area contributed by atoms with E-state index in [1.54, 1.807) is 13.0 Å². The summed E-state index contributed by atoms with van der Waals surface area (Å²) < 4.78 is 40.2. The smallest absolute Gasteiger partial charge is 0.196 e. The lowest BCUT2D eigenvalue weighted by molar-refractivity contribution is 0.436. The van der Waals surface area contributed by atoms with Gasteiger partial charge in [-0.25, -0.2) is 23.1 Å². The molecule has 2 heterocycles. The number of nitrogens with zero attached hydrogens (tertiary/aromatic N) is 3. The van der Waals surface area contributed by atoms with Crippen molar-refractivity contribution in [3.05, 3.63) is 41.5 Å². The molecule has 1 N–H and O–H groups in total. The molecule has 1 aliphatic rings. The quantitative estimate of drug-likeness (QED) is 0.854. The molecule has 0 atom stereocenters. The third-order valence-corrected chi connectivity index (χ3v) is 4.23. The van der Waals surface area contributed by atoms with E-state index in [4.69, 9.17) is 0 Å². The largest absolute Gasteiger partial charge is 0.356 e. The molecule has 0 radical (unpaired) electrons. The molecule has 3 rings (SSSR count). The van der Waals surface area contributed by atoms with Crippen molar-refractivity contribution in [2.24, 2.45) is 5.92 Å². The molecule has 0 bridgehead atoms. The topological polar surface area (TPSA) is 41.1 Å². The van der Waals surface area contributed by atoms with E-state index in [9.17, 15) is 13.2 Å². The molecular weight excluding hydrogens is 317 g/mol. The molecule has 0 amide bonds. The number of nitrogens with one attached hydrogen (secondary N) is 1. The number of piperidine rings is 1. The summed E-state index contributed by atoms with van der Waals surface area (Å²) in [4.78, 5) is 10.8. The summed E-state index contributed by atoms with van der Waals surface area (Å²) in [6, 6.07) is 3.72. The minimum Gasteiger partial charge on any atom is -0.356 e. The third-order valence-electron chi connectivity index (χ3n) is 4.23. The fraction of sp³-hybridized carbons (Fsp3) is 0.412. The molecule has 24 heavy (non-hydrogen) atoms. The Bertz CT molecular complexity index is 743. The van der Waals surface area contributed by atoms with E-state index >= 15 is 0 Å². The maximum Gasteiger partial charge on any atom is 0.196 e. The van der Waals surface area contributed by atoms with Crippen LogP contribution in [0.3, 0.4) is 0 Å². The molecule has 0 aliphatic carbocycles. The van der Waals surface area contributed by atoms with Crippen LogP contribution >= 0.6 is 0 Å². The zero-order chi connectivity index (χ0) is 17.3. The number of aromatic nitrogens is 2. The third kappa shape index (κ3) is 3.44. The van der Waals surface area contributed by atoms with E-state index in [0.29, 0.717) is 17.6 Å². The van der Waals surface area contributed by atoms with Crippen molar-refractivity contribution in [1.29, 1.82) is 0 Å². The predicted octanol–water partition coefficient (Wildman–Crippen LogP) is 4.18. The first-order valence-electron chi connectivity index (χ1n) is 7.95. The monoisotopic (exact) mass is 336 g/mol. The fourth-order valence-electron chi connectivity index (χ4n) is 2.78. The molecule has 128 valence electrons. The van der Waals surface area contributed by atoms with Crippen LogP contribution in [0.15, 0.2) is 18.2 Å². The summed E-state index contributed by atoms with van der Waals surface area (Å²) in [5.41, 5.74) is -0.162. The number of hydrogen-bond acceptors (Lipinski definition) is 4. The van der Waals surface area contributed by atoms with E-state index in [2.05, 4.69) is 27.1 Å². The average molecular weight is 336 g/mol. The first-order valence-corrected chi connectivity index (χ1v) is 7.95. The molecule has 0 saturated carbocycles. The summed E-state index contributed by atoms with van der Waals surface area (Å²) in [6.45, 7) is 5.76. The molecule has 0 unspecified atom stereocenters. The maximum atomic E-state index is 13.8. The molecule has 0 spiro atoms. The molecule has 1 aliphatic heterocycles. The molecule has 1 saturated heterocycles. The van der Waals surface area contributed by atoms with Gasteiger partial charge in [-0.3, -0.25) is 0 Å². The summed E-state index contributed by atoms with van der Waals surface area (Å²) in [6.07, 6.45) is 2.17. The molecule has 2 aromatic rings. The Morgan fingerprint density at radius 2 is 1.79 bits per heavy atom. The van der Waals surface area contributed by atoms with Gasteiger partial charge in [0.25, 0.3) is 0 Å². The van der Waals surface area contributed by atoms with E-state index < -0.39 is 17.5 Å². The summed E-state index contributed by atoms with van der Waals surface area (Å²) >= 11 is 0. The first kappa shape index (κ1) is 16.5. The van der Waals surface area contributed by atoms with Crippen LogP contribution in [0.5, 0.6) is 0 Å². The lowest BCUT2D eigenvalue weighted by Gasteiger charge is -2.31. The van der Waals surface area contributed by atoms with Gasteiger partial charge in [-0.05, 0) is 37.8 Å². The van der Waals surface area contributed by atoms with Gasteiger partial charge < -0.3 is 10.2 Å². The van der Waals surface area contributed by atoms with Crippen molar-refractivity contribution in [1.82, 2.24) is 9.97 Å². The highest BCUT2D eigenvalue weighted by Crippen LogP contribution is 2.26. The maximum absolute atomic E-state index is 13.8. The van der Waals surface area contributed by atoms with Gasteiger partial charge >= 0.3 is 0 Å². The van der Waals surface area contributed by atoms with Crippen molar-refractivity contribution in [3.63, 3.8) is 0 Å². The molecule has 7 heteroatoms. The molecule has 1 fully saturated rings. The Balaban J connectivity index is 1.85. The van der Waals surface area contributed by atoms with Crippen LogP contribution in [-0.2, 0) is 0 Å². The second-order valence-electron chi connectivity index (χ2n) is 6.18. The Labute approximate surface area is 138 Å². The fourth-order valence-corrected chi connectivity index (χ4v) is 2.78. The average Bonchev–Trinajstić information content (AvgIpc) is 2.55. The van der Waals surface area contributed by atoms with Crippen LogP contribution in [0, 0.1) is 30.3 Å². The van der Waals surface area contributed by atoms with Crippen molar-refractivity contribution in [2.75, 3.05) is 23.3 Å². The van der Waals surface area contributed by atoms with Gasteiger partial charge in [0.2, 0.25) is 0 Å². The first-order chi connectivity index (χ1) is 11.4. The van der Waals surface area contributed by atoms with Crippen LogP contribution in [0.4, 0.5) is 30.5 Å². The number of rotatable bonds is 3. The predicted molar refractivity (Wildman–Crippen MR) is 87.0 cm³/mol. The second-order valence-corrected chi connectivity index (χ2v) is 6.18. The Hall–Kier alpha value is -2.31. The molecule has 1 aromatic carbocycles. The summed E-state index contributed by atoms with van der Waals surface area (Å²) in [7, 11) is 0. The van der Waals surface area contributed by atoms with Gasteiger partial charge in [-0.2, -0.15) is 0 Å². The van der Waals surface area contributed by atoms with Gasteiger partial charge in [0.1, 0.15) is 17.5 Å². The van der Waals surface area contributed by atoms with E-state index in [-0.39, 0.29) is 5.69 Å². The van der Waals surface area contributed by atoms with Gasteiger partial charge in [0, 0.05) is 19.2 Å².